The molecule has 2 aromatic rings. The number of benzene rings is 1. The van der Waals surface area contributed by atoms with E-state index in [0.29, 0.717) is 5.56 Å². The van der Waals surface area contributed by atoms with Crippen molar-refractivity contribution in [3.63, 3.8) is 0 Å². The van der Waals surface area contributed by atoms with Gasteiger partial charge >= 0.3 is 5.97 Å². The van der Waals surface area contributed by atoms with E-state index in [0.717, 1.165) is 12.1 Å². The lowest BCUT2D eigenvalue weighted by molar-refractivity contribution is -0.142. The van der Waals surface area contributed by atoms with Gasteiger partial charge in [-0.3, -0.25) is 29.0 Å². The van der Waals surface area contributed by atoms with Gasteiger partial charge in [0, 0.05) is 19.0 Å². The van der Waals surface area contributed by atoms with Crippen molar-refractivity contribution < 1.29 is 43.0 Å². The maximum absolute atomic E-state index is 13.6. The van der Waals surface area contributed by atoms with Gasteiger partial charge in [-0.2, -0.15) is 0 Å². The maximum atomic E-state index is 13.6. The molecule has 1 aromatic carbocycles. The summed E-state index contributed by atoms with van der Waals surface area (Å²) in [6, 6.07) is 3.86. The van der Waals surface area contributed by atoms with E-state index < -0.39 is 71.9 Å². The predicted molar refractivity (Wildman–Crippen MR) is 179 cm³/mol. The van der Waals surface area contributed by atoms with E-state index in [4.69, 9.17) is 21.9 Å². The molecule has 0 bridgehead atoms. The van der Waals surface area contributed by atoms with Crippen LogP contribution in [0.1, 0.15) is 55.6 Å². The van der Waals surface area contributed by atoms with Crippen molar-refractivity contribution in [2.24, 2.45) is 28.1 Å². The number of carboxylic acids is 1. The van der Waals surface area contributed by atoms with E-state index in [1.165, 1.54) is 37.4 Å². The molecule has 50 heavy (non-hydrogen) atoms. The third kappa shape index (κ3) is 14.1. The molecule has 18 heteroatoms. The van der Waals surface area contributed by atoms with Gasteiger partial charge in [0.05, 0.1) is 13.5 Å². The minimum absolute atomic E-state index is 0.0396. The summed E-state index contributed by atoms with van der Waals surface area (Å²) in [5.74, 6) is -6.47. The van der Waals surface area contributed by atoms with Crippen LogP contribution in [0.5, 0.6) is 5.88 Å². The van der Waals surface area contributed by atoms with E-state index in [1.807, 2.05) is 0 Å². The largest absolute Gasteiger partial charge is 0.481 e. The summed E-state index contributed by atoms with van der Waals surface area (Å²) < 4.78 is 18.4. The number of aliphatic imine (C=N–C) groups is 1. The topological polar surface area (TPSA) is 283 Å². The fourth-order valence-corrected chi connectivity index (χ4v) is 4.65. The lowest BCUT2D eigenvalue weighted by Crippen LogP contribution is -2.58. The molecule has 4 atom stereocenters. The maximum Gasteiger partial charge on any atom is 0.326 e. The Labute approximate surface area is 288 Å². The number of nitrogens with one attached hydrogen (secondary N) is 4. The van der Waals surface area contributed by atoms with Crippen LogP contribution in [0.15, 0.2) is 47.5 Å². The minimum Gasteiger partial charge on any atom is -0.481 e. The molecule has 0 spiro atoms. The van der Waals surface area contributed by atoms with Crippen LogP contribution in [-0.4, -0.2) is 89.4 Å². The molecule has 17 nitrogen and oxygen atoms in total. The predicted octanol–water partition coefficient (Wildman–Crippen LogP) is -0.915. The van der Waals surface area contributed by atoms with Gasteiger partial charge in [0.25, 0.3) is 5.91 Å². The van der Waals surface area contributed by atoms with Crippen molar-refractivity contribution in [1.29, 1.82) is 0 Å². The van der Waals surface area contributed by atoms with Gasteiger partial charge in [0.2, 0.25) is 29.5 Å². The van der Waals surface area contributed by atoms with Crippen molar-refractivity contribution in [2.45, 2.75) is 70.1 Å². The number of carbonyl (C=O) groups is 6. The van der Waals surface area contributed by atoms with Crippen molar-refractivity contribution in [2.75, 3.05) is 13.7 Å². The van der Waals surface area contributed by atoms with E-state index in [9.17, 15) is 38.3 Å². The number of aliphatic carboxylic acids is 1. The van der Waals surface area contributed by atoms with Crippen LogP contribution in [-0.2, 0) is 30.4 Å². The SMILES string of the molecule is COc1cccc(C(=O)N[C@@H](CCCN=C(N)N)C(=O)N[C@@H](CC(C)C)C(=O)N[C@@H](CC(N)=O)C(=O)N[C@@H](Cc2ccc(F)cc2)C(=O)O)n1. The van der Waals surface area contributed by atoms with Gasteiger partial charge in [0.1, 0.15) is 35.7 Å². The van der Waals surface area contributed by atoms with Gasteiger partial charge in [-0.25, -0.2) is 14.2 Å². The average molecular weight is 702 g/mol. The zero-order chi connectivity index (χ0) is 37.4. The molecule has 1 aromatic heterocycles. The minimum atomic E-state index is -1.61. The molecule has 0 unspecified atom stereocenters. The molecular formula is C32H44FN9O8. The Hall–Kier alpha value is -5.81. The summed E-state index contributed by atoms with van der Waals surface area (Å²) in [4.78, 5) is 85.2. The molecule has 11 N–H and O–H groups in total. The van der Waals surface area contributed by atoms with Crippen LogP contribution >= 0.6 is 0 Å². The number of amides is 5. The molecule has 1 heterocycles. The summed E-state index contributed by atoms with van der Waals surface area (Å²) in [6.07, 6.45) is -0.555. The Balaban J connectivity index is 2.27. The molecular weight excluding hydrogens is 657 g/mol. The number of methoxy groups -OCH3 is 1. The van der Waals surface area contributed by atoms with Gasteiger partial charge < -0.3 is 48.3 Å². The van der Waals surface area contributed by atoms with Crippen LogP contribution in [0, 0.1) is 11.7 Å². The number of pyridine rings is 1. The van der Waals surface area contributed by atoms with Crippen molar-refractivity contribution in [1.82, 2.24) is 26.3 Å². The number of guanidine groups is 1. The lowest BCUT2D eigenvalue weighted by Gasteiger charge is -2.26. The highest BCUT2D eigenvalue weighted by Crippen LogP contribution is 2.11. The summed E-state index contributed by atoms with van der Waals surface area (Å²) in [5.41, 5.74) is 16.5. The standard InChI is InChI=1S/C32H44FN9O8/c1-17(2)14-22(40-28(45)21(7-5-13-37-32(35)36)39-27(44)20-6-4-8-26(38-20)50-3)29(46)41-23(16-25(34)43)30(47)42-24(31(48)49)15-18-9-11-19(33)12-10-18/h4,6,8-12,17,21-24H,5,7,13-16H2,1-3H3,(H2,34,43)(H,39,44)(H,40,45)(H,41,46)(H,42,47)(H,48,49)(H4,35,36,37)/t21-,22-,23-,24-/m0/s1. The second kappa shape index (κ2) is 19.9. The first-order chi connectivity index (χ1) is 23.6. The van der Waals surface area contributed by atoms with Gasteiger partial charge in [0.15, 0.2) is 5.96 Å². The molecule has 0 radical (unpaired) electrons. The summed E-state index contributed by atoms with van der Waals surface area (Å²) in [7, 11) is 1.37. The summed E-state index contributed by atoms with van der Waals surface area (Å²) in [6.45, 7) is 3.68. The average Bonchev–Trinajstić information content (AvgIpc) is 3.05. The van der Waals surface area contributed by atoms with Crippen LogP contribution < -0.4 is 43.2 Å². The summed E-state index contributed by atoms with van der Waals surface area (Å²) in [5, 5.41) is 19.6. The Morgan fingerprint density at radius 1 is 0.860 bits per heavy atom. The van der Waals surface area contributed by atoms with Crippen molar-refractivity contribution in [3.8, 4) is 5.88 Å². The monoisotopic (exact) mass is 701 g/mol. The highest BCUT2D eigenvalue weighted by molar-refractivity contribution is 5.98. The fourth-order valence-electron chi connectivity index (χ4n) is 4.65. The number of primary amides is 1. The quantitative estimate of drug-likeness (QED) is 0.0475. The number of rotatable bonds is 20. The third-order valence-electron chi connectivity index (χ3n) is 7.08. The number of halogens is 1. The Morgan fingerprint density at radius 2 is 1.46 bits per heavy atom. The van der Waals surface area contributed by atoms with E-state index in [2.05, 4.69) is 31.2 Å². The number of carboxylic acid groups (broad SMARTS) is 1. The third-order valence-corrected chi connectivity index (χ3v) is 7.08. The molecule has 0 aliphatic heterocycles. The first-order valence-corrected chi connectivity index (χ1v) is 15.6. The number of carbonyl (C=O) groups excluding carboxylic acids is 5. The fraction of sp³-hybridized carbons (Fsp3) is 0.438. The number of hydrogen-bond acceptors (Lipinski definition) is 9. The lowest BCUT2D eigenvalue weighted by atomic mass is 10.0. The highest BCUT2D eigenvalue weighted by atomic mass is 19.1. The Morgan fingerprint density at radius 3 is 2.04 bits per heavy atom. The van der Waals surface area contributed by atoms with Crippen molar-refractivity contribution in [3.05, 3.63) is 59.5 Å². The van der Waals surface area contributed by atoms with Gasteiger partial charge in [-0.15, -0.1) is 0 Å². The molecule has 0 aliphatic carbocycles. The molecule has 272 valence electrons. The highest BCUT2D eigenvalue weighted by Gasteiger charge is 2.32. The zero-order valence-electron chi connectivity index (χ0n) is 28.0. The van der Waals surface area contributed by atoms with E-state index in [-0.39, 0.29) is 55.7 Å². The van der Waals surface area contributed by atoms with Crippen LogP contribution in [0.4, 0.5) is 4.39 Å². The Kier molecular flexibility index (Phi) is 16.0. The number of nitrogens with zero attached hydrogens (tertiary/aromatic N) is 2. The second-order valence-corrected chi connectivity index (χ2v) is 11.7. The smallest absolute Gasteiger partial charge is 0.326 e. The van der Waals surface area contributed by atoms with Crippen LogP contribution in [0.25, 0.3) is 0 Å². The van der Waals surface area contributed by atoms with E-state index >= 15 is 0 Å². The zero-order valence-corrected chi connectivity index (χ0v) is 28.0. The summed E-state index contributed by atoms with van der Waals surface area (Å²) >= 11 is 0. The molecule has 0 aliphatic rings. The van der Waals surface area contributed by atoms with Gasteiger partial charge in [-0.05, 0) is 48.9 Å². The normalized spacial score (nSPS) is 13.1. The van der Waals surface area contributed by atoms with Crippen LogP contribution in [0.3, 0.4) is 0 Å². The Bertz CT molecular complexity index is 1530. The molecule has 5 amide bonds. The first kappa shape index (κ1) is 40.4. The number of ether oxygens (including phenoxy) is 1. The number of nitrogens with two attached hydrogens (primary N) is 3. The molecule has 0 saturated carbocycles. The number of hydrogen-bond donors (Lipinski definition) is 8. The first-order valence-electron chi connectivity index (χ1n) is 15.6. The molecule has 0 fully saturated rings. The molecule has 2 rings (SSSR count). The number of aromatic nitrogens is 1. The second-order valence-electron chi connectivity index (χ2n) is 11.7. The molecule has 0 saturated heterocycles. The van der Waals surface area contributed by atoms with Crippen LogP contribution in [0.2, 0.25) is 0 Å². The van der Waals surface area contributed by atoms with Gasteiger partial charge in [-0.1, -0.05) is 32.0 Å². The van der Waals surface area contributed by atoms with Crippen molar-refractivity contribution >= 4 is 41.5 Å². The van der Waals surface area contributed by atoms with E-state index in [1.54, 1.807) is 13.8 Å².